The fourth-order valence-corrected chi connectivity index (χ4v) is 2.88. The maximum atomic E-state index is 4.54. The zero-order valence-corrected chi connectivity index (χ0v) is 11.9. The molecule has 0 spiro atoms. The van der Waals surface area contributed by atoms with Gasteiger partial charge in [0.2, 0.25) is 0 Å². The Balaban J connectivity index is 2.04. The van der Waals surface area contributed by atoms with E-state index in [9.17, 15) is 0 Å². The molecule has 1 aliphatic rings. The van der Waals surface area contributed by atoms with E-state index < -0.39 is 0 Å². The van der Waals surface area contributed by atoms with Crippen molar-refractivity contribution in [1.29, 1.82) is 0 Å². The van der Waals surface area contributed by atoms with Gasteiger partial charge in [-0.25, -0.2) is 0 Å². The van der Waals surface area contributed by atoms with Crippen LogP contribution in [-0.4, -0.2) is 23.1 Å². The fourth-order valence-electron chi connectivity index (χ4n) is 2.56. The first-order valence-electron chi connectivity index (χ1n) is 6.50. The van der Waals surface area contributed by atoms with E-state index in [1.807, 2.05) is 18.5 Å². The average Bonchev–Trinajstić information content (AvgIpc) is 2.66. The summed E-state index contributed by atoms with van der Waals surface area (Å²) in [5, 5.41) is 0. The van der Waals surface area contributed by atoms with E-state index in [2.05, 4.69) is 36.9 Å². The highest BCUT2D eigenvalue weighted by molar-refractivity contribution is 9.10. The number of aromatic nitrogens is 2. The molecule has 4 heteroatoms. The monoisotopic (exact) mass is 305 g/mol. The van der Waals surface area contributed by atoms with Gasteiger partial charge >= 0.3 is 0 Å². The zero-order chi connectivity index (χ0) is 12.4. The second-order valence-corrected chi connectivity index (χ2v) is 5.67. The van der Waals surface area contributed by atoms with Crippen LogP contribution in [0.2, 0.25) is 0 Å². The van der Waals surface area contributed by atoms with E-state index in [1.54, 1.807) is 0 Å². The molecule has 1 fully saturated rings. The Labute approximate surface area is 115 Å². The van der Waals surface area contributed by atoms with Crippen molar-refractivity contribution in [2.24, 2.45) is 0 Å². The predicted molar refractivity (Wildman–Crippen MR) is 77.9 cm³/mol. The summed E-state index contributed by atoms with van der Waals surface area (Å²) in [6.45, 7) is 2.27. The largest absolute Gasteiger partial charge is 0.370 e. The van der Waals surface area contributed by atoms with Crippen LogP contribution in [-0.2, 0) is 0 Å². The van der Waals surface area contributed by atoms with Gasteiger partial charge in [0.05, 0.1) is 11.2 Å². The van der Waals surface area contributed by atoms with E-state index in [4.69, 9.17) is 0 Å². The molecule has 0 bridgehead atoms. The van der Waals surface area contributed by atoms with Gasteiger partial charge in [-0.2, -0.15) is 0 Å². The Bertz CT molecular complexity index is 548. The lowest BCUT2D eigenvalue weighted by Gasteiger charge is -2.23. The number of hydrogen-bond acceptors (Lipinski definition) is 3. The molecular weight excluding hydrogens is 290 g/mol. The highest BCUT2D eigenvalue weighted by Crippen LogP contribution is 2.27. The van der Waals surface area contributed by atoms with Gasteiger partial charge in [0.15, 0.2) is 0 Å². The maximum Gasteiger partial charge on any atom is 0.112 e. The molecule has 0 amide bonds. The summed E-state index contributed by atoms with van der Waals surface area (Å²) in [5.74, 6) is 0. The van der Waals surface area contributed by atoms with Crippen molar-refractivity contribution in [3.05, 3.63) is 29.0 Å². The SMILES string of the molecule is Brc1cnc2c(N3CCCCCC3)ccnc2c1. The summed E-state index contributed by atoms with van der Waals surface area (Å²) in [6, 6.07) is 4.12. The average molecular weight is 306 g/mol. The van der Waals surface area contributed by atoms with Crippen LogP contribution in [0.4, 0.5) is 5.69 Å². The van der Waals surface area contributed by atoms with Crippen molar-refractivity contribution in [2.45, 2.75) is 25.7 Å². The fraction of sp³-hybridized carbons (Fsp3) is 0.429. The van der Waals surface area contributed by atoms with Crippen molar-refractivity contribution >= 4 is 32.7 Å². The highest BCUT2D eigenvalue weighted by atomic mass is 79.9. The number of hydrogen-bond donors (Lipinski definition) is 0. The summed E-state index contributed by atoms with van der Waals surface area (Å²) in [6.07, 6.45) is 8.99. The van der Waals surface area contributed by atoms with Gasteiger partial charge in [0.25, 0.3) is 0 Å². The molecule has 0 aromatic carbocycles. The second kappa shape index (κ2) is 5.22. The molecule has 94 valence electrons. The Kier molecular flexibility index (Phi) is 3.46. The molecule has 0 unspecified atom stereocenters. The number of pyridine rings is 2. The minimum absolute atomic E-state index is 0.964. The van der Waals surface area contributed by atoms with Crippen LogP contribution in [0, 0.1) is 0 Å². The molecule has 1 saturated heterocycles. The summed E-state index contributed by atoms with van der Waals surface area (Å²) in [4.78, 5) is 11.4. The van der Waals surface area contributed by atoms with Crippen molar-refractivity contribution < 1.29 is 0 Å². The summed E-state index contributed by atoms with van der Waals surface area (Å²) in [7, 11) is 0. The molecule has 0 saturated carbocycles. The van der Waals surface area contributed by atoms with Crippen molar-refractivity contribution in [2.75, 3.05) is 18.0 Å². The van der Waals surface area contributed by atoms with Crippen LogP contribution in [0.3, 0.4) is 0 Å². The quantitative estimate of drug-likeness (QED) is 0.803. The first-order valence-corrected chi connectivity index (χ1v) is 7.29. The molecule has 0 N–H and O–H groups in total. The van der Waals surface area contributed by atoms with E-state index in [0.29, 0.717) is 0 Å². The third-order valence-electron chi connectivity index (χ3n) is 3.47. The Morgan fingerprint density at radius 2 is 1.83 bits per heavy atom. The Hall–Kier alpha value is -1.16. The number of rotatable bonds is 1. The minimum atomic E-state index is 0.964. The topological polar surface area (TPSA) is 29.0 Å². The second-order valence-electron chi connectivity index (χ2n) is 4.75. The molecule has 3 heterocycles. The minimum Gasteiger partial charge on any atom is -0.370 e. The van der Waals surface area contributed by atoms with Crippen LogP contribution in [0.1, 0.15) is 25.7 Å². The lowest BCUT2D eigenvalue weighted by Crippen LogP contribution is -2.24. The number of nitrogens with zero attached hydrogens (tertiary/aromatic N) is 3. The van der Waals surface area contributed by atoms with Crippen LogP contribution >= 0.6 is 15.9 Å². The van der Waals surface area contributed by atoms with E-state index >= 15 is 0 Å². The van der Waals surface area contributed by atoms with Gasteiger partial charge in [-0.1, -0.05) is 12.8 Å². The third kappa shape index (κ3) is 2.34. The van der Waals surface area contributed by atoms with Gasteiger partial charge in [-0.3, -0.25) is 9.97 Å². The van der Waals surface area contributed by atoms with E-state index in [0.717, 1.165) is 28.6 Å². The van der Waals surface area contributed by atoms with Crippen molar-refractivity contribution in [3.8, 4) is 0 Å². The molecule has 0 radical (unpaired) electrons. The van der Waals surface area contributed by atoms with Crippen LogP contribution in [0.5, 0.6) is 0 Å². The van der Waals surface area contributed by atoms with Gasteiger partial charge in [-0.15, -0.1) is 0 Å². The third-order valence-corrected chi connectivity index (χ3v) is 3.90. The molecule has 3 nitrogen and oxygen atoms in total. The van der Waals surface area contributed by atoms with Gasteiger partial charge in [0, 0.05) is 30.0 Å². The molecule has 2 aromatic heterocycles. The lowest BCUT2D eigenvalue weighted by atomic mass is 10.2. The molecule has 18 heavy (non-hydrogen) atoms. The molecule has 3 rings (SSSR count). The van der Waals surface area contributed by atoms with Crippen LogP contribution in [0.15, 0.2) is 29.0 Å². The Morgan fingerprint density at radius 1 is 1.06 bits per heavy atom. The van der Waals surface area contributed by atoms with Crippen molar-refractivity contribution in [1.82, 2.24) is 9.97 Å². The number of anilines is 1. The van der Waals surface area contributed by atoms with Crippen molar-refractivity contribution in [3.63, 3.8) is 0 Å². The normalized spacial score (nSPS) is 16.8. The smallest absolute Gasteiger partial charge is 0.112 e. The molecular formula is C14H16BrN3. The highest BCUT2D eigenvalue weighted by Gasteiger charge is 2.13. The van der Waals surface area contributed by atoms with E-state index in [1.165, 1.54) is 31.4 Å². The van der Waals surface area contributed by atoms with Gasteiger partial charge in [-0.05, 0) is 40.9 Å². The number of fused-ring (bicyclic) bond motifs is 1. The molecule has 0 aliphatic carbocycles. The zero-order valence-electron chi connectivity index (χ0n) is 10.3. The van der Waals surface area contributed by atoms with Crippen LogP contribution in [0.25, 0.3) is 11.0 Å². The summed E-state index contributed by atoms with van der Waals surface area (Å²) < 4.78 is 0.982. The van der Waals surface area contributed by atoms with Gasteiger partial charge < -0.3 is 4.90 Å². The first kappa shape index (κ1) is 11.9. The lowest BCUT2D eigenvalue weighted by molar-refractivity contribution is 0.726. The molecule has 1 aliphatic heterocycles. The number of halogens is 1. The first-order chi connectivity index (χ1) is 8.84. The summed E-state index contributed by atoms with van der Waals surface area (Å²) in [5.41, 5.74) is 3.21. The predicted octanol–water partition coefficient (Wildman–Crippen LogP) is 3.77. The molecule has 2 aromatic rings. The van der Waals surface area contributed by atoms with Crippen LogP contribution < -0.4 is 4.90 Å². The summed E-state index contributed by atoms with van der Waals surface area (Å²) >= 11 is 3.45. The Morgan fingerprint density at radius 3 is 2.61 bits per heavy atom. The van der Waals surface area contributed by atoms with Gasteiger partial charge in [0.1, 0.15) is 5.52 Å². The maximum absolute atomic E-state index is 4.54. The standard InChI is InChI=1S/C14H16BrN3/c15-11-9-12-14(17-10-11)13(5-6-16-12)18-7-3-1-2-4-8-18/h5-6,9-10H,1-4,7-8H2. The molecule has 0 atom stereocenters. The van der Waals surface area contributed by atoms with E-state index in [-0.39, 0.29) is 0 Å².